The molecule has 31 heavy (non-hydrogen) atoms. The van der Waals surface area contributed by atoms with Crippen molar-refractivity contribution in [2.45, 2.75) is 50.9 Å². The van der Waals surface area contributed by atoms with Gasteiger partial charge >= 0.3 is 0 Å². The highest BCUT2D eigenvalue weighted by Crippen LogP contribution is 2.43. The number of carbonyl (C=O) groups is 2. The van der Waals surface area contributed by atoms with Crippen LogP contribution in [0, 0.1) is 0 Å². The van der Waals surface area contributed by atoms with Crippen molar-refractivity contribution in [1.82, 2.24) is 5.32 Å². The summed E-state index contributed by atoms with van der Waals surface area (Å²) in [5.74, 6) is 1.56. The first kappa shape index (κ1) is 19.9. The molecule has 0 radical (unpaired) electrons. The second kappa shape index (κ2) is 7.91. The number of carbonyl (C=O) groups excluding carboxylic acids is 2. The van der Waals surface area contributed by atoms with Crippen molar-refractivity contribution < 1.29 is 19.1 Å². The molecule has 2 amide bonds. The average Bonchev–Trinajstić information content (AvgIpc) is 3.44. The average molecular weight is 421 g/mol. The Morgan fingerprint density at radius 2 is 1.84 bits per heavy atom. The second-order valence-electron chi connectivity index (χ2n) is 8.86. The van der Waals surface area contributed by atoms with E-state index in [9.17, 15) is 9.59 Å². The van der Waals surface area contributed by atoms with Crippen LogP contribution in [0.15, 0.2) is 36.4 Å². The van der Waals surface area contributed by atoms with E-state index in [1.165, 1.54) is 12.0 Å². The lowest BCUT2D eigenvalue weighted by Crippen LogP contribution is -2.42. The van der Waals surface area contributed by atoms with Gasteiger partial charge in [0.05, 0.1) is 0 Å². The van der Waals surface area contributed by atoms with Crippen molar-refractivity contribution in [3.05, 3.63) is 53.1 Å². The molecule has 2 heterocycles. The Kier molecular flexibility index (Phi) is 5.08. The van der Waals surface area contributed by atoms with Gasteiger partial charge in [-0.1, -0.05) is 25.3 Å². The summed E-state index contributed by atoms with van der Waals surface area (Å²) in [6.45, 7) is 3.13. The van der Waals surface area contributed by atoms with Crippen LogP contribution in [0.2, 0.25) is 0 Å². The smallest absolute Gasteiger partial charge is 0.251 e. The van der Waals surface area contributed by atoms with Gasteiger partial charge in [0.25, 0.3) is 5.91 Å². The van der Waals surface area contributed by atoms with Gasteiger partial charge in [0.15, 0.2) is 11.5 Å². The number of ether oxygens (including phenoxy) is 2. The predicted molar refractivity (Wildman–Crippen MR) is 118 cm³/mol. The number of nitrogens with zero attached hydrogens (tertiary/aromatic N) is 1. The molecule has 6 heteroatoms. The molecule has 3 aliphatic rings. The maximum absolute atomic E-state index is 13.0. The zero-order valence-corrected chi connectivity index (χ0v) is 17.9. The van der Waals surface area contributed by atoms with Crippen molar-refractivity contribution >= 4 is 17.5 Å². The highest BCUT2D eigenvalue weighted by molar-refractivity contribution is 5.97. The van der Waals surface area contributed by atoms with Crippen LogP contribution in [0.4, 0.5) is 5.69 Å². The number of benzene rings is 2. The topological polar surface area (TPSA) is 67.9 Å². The van der Waals surface area contributed by atoms with E-state index < -0.39 is 0 Å². The summed E-state index contributed by atoms with van der Waals surface area (Å²) in [5.41, 5.74) is 3.76. The lowest BCUT2D eigenvalue weighted by atomic mass is 9.69. The lowest BCUT2D eigenvalue weighted by Gasteiger charge is -2.38. The Morgan fingerprint density at radius 3 is 2.65 bits per heavy atom. The summed E-state index contributed by atoms with van der Waals surface area (Å²) in [4.78, 5) is 26.6. The van der Waals surface area contributed by atoms with Gasteiger partial charge in [-0.2, -0.15) is 0 Å². The van der Waals surface area contributed by atoms with E-state index in [0.717, 1.165) is 54.9 Å². The molecule has 6 nitrogen and oxygen atoms in total. The molecule has 0 atom stereocenters. The second-order valence-corrected chi connectivity index (χ2v) is 8.86. The minimum Gasteiger partial charge on any atom is -0.454 e. The maximum Gasteiger partial charge on any atom is 0.251 e. The highest BCUT2D eigenvalue weighted by Gasteiger charge is 2.35. The molecule has 1 fully saturated rings. The number of hydrogen-bond donors (Lipinski definition) is 1. The van der Waals surface area contributed by atoms with Gasteiger partial charge in [0.1, 0.15) is 0 Å². The molecular formula is C25H28N2O4. The molecule has 1 N–H and O–H groups in total. The monoisotopic (exact) mass is 420 g/mol. The number of hydrogen-bond acceptors (Lipinski definition) is 4. The van der Waals surface area contributed by atoms with Crippen LogP contribution in [-0.4, -0.2) is 31.7 Å². The first-order valence-corrected chi connectivity index (χ1v) is 11.2. The zero-order valence-electron chi connectivity index (χ0n) is 17.9. The van der Waals surface area contributed by atoms with Crippen LogP contribution < -0.4 is 19.7 Å². The van der Waals surface area contributed by atoms with Gasteiger partial charge in [-0.3, -0.25) is 9.59 Å². The third-order valence-corrected chi connectivity index (χ3v) is 7.00. The zero-order chi connectivity index (χ0) is 21.4. The van der Waals surface area contributed by atoms with Gasteiger partial charge in [-0.15, -0.1) is 0 Å². The van der Waals surface area contributed by atoms with Crippen LogP contribution in [0.5, 0.6) is 11.5 Å². The fraction of sp³-hybridized carbons (Fsp3) is 0.440. The Bertz CT molecular complexity index is 1030. The van der Waals surface area contributed by atoms with Gasteiger partial charge < -0.3 is 19.7 Å². The van der Waals surface area contributed by atoms with Gasteiger partial charge in [0, 0.05) is 36.7 Å². The first-order valence-electron chi connectivity index (χ1n) is 11.2. The van der Waals surface area contributed by atoms with Gasteiger partial charge in [0.2, 0.25) is 12.7 Å². The van der Waals surface area contributed by atoms with E-state index in [4.69, 9.17) is 9.47 Å². The van der Waals surface area contributed by atoms with Crippen LogP contribution >= 0.6 is 0 Å². The predicted octanol–water partition coefficient (Wildman–Crippen LogP) is 3.96. The number of anilines is 1. The third kappa shape index (κ3) is 3.64. The molecule has 2 aliphatic heterocycles. The van der Waals surface area contributed by atoms with Crippen molar-refractivity contribution in [3.63, 3.8) is 0 Å². The van der Waals surface area contributed by atoms with Crippen molar-refractivity contribution in [2.75, 3.05) is 24.8 Å². The molecule has 0 aromatic heterocycles. The van der Waals surface area contributed by atoms with Crippen molar-refractivity contribution in [1.29, 1.82) is 0 Å². The van der Waals surface area contributed by atoms with Gasteiger partial charge in [-0.05, 0) is 60.7 Å². The fourth-order valence-corrected chi connectivity index (χ4v) is 5.24. The lowest BCUT2D eigenvalue weighted by molar-refractivity contribution is -0.116. The van der Waals surface area contributed by atoms with E-state index in [0.29, 0.717) is 18.7 Å². The highest BCUT2D eigenvalue weighted by atomic mass is 16.7. The third-order valence-electron chi connectivity index (χ3n) is 7.00. The summed E-state index contributed by atoms with van der Waals surface area (Å²) in [6, 6.07) is 11.8. The maximum atomic E-state index is 13.0. The molecule has 0 bridgehead atoms. The van der Waals surface area contributed by atoms with E-state index in [2.05, 4.69) is 17.4 Å². The molecule has 0 unspecified atom stereocenters. The number of rotatable bonds is 4. The summed E-state index contributed by atoms with van der Waals surface area (Å²) < 4.78 is 11.1. The summed E-state index contributed by atoms with van der Waals surface area (Å²) in [5, 5.41) is 3.21. The SMILES string of the molecule is CC(=O)N1CCc2cc(C(=O)NCC3(c4ccc5c(c4)OCO5)CCCCC3)ccc21. The Labute approximate surface area is 182 Å². The largest absolute Gasteiger partial charge is 0.454 e. The van der Waals surface area contributed by atoms with Crippen LogP contribution in [-0.2, 0) is 16.6 Å². The minimum atomic E-state index is -0.0863. The standard InChI is InChI=1S/C25H28N2O4/c1-17(28)27-12-9-18-13-19(5-7-21(18)27)24(29)26-15-25(10-3-2-4-11-25)20-6-8-22-23(14-20)31-16-30-22/h5-8,13-14H,2-4,9-12,15-16H2,1H3,(H,26,29). The van der Waals surface area contributed by atoms with Crippen LogP contribution in [0.1, 0.15) is 60.5 Å². The summed E-state index contributed by atoms with van der Waals surface area (Å²) in [6.07, 6.45) is 6.43. The Hall–Kier alpha value is -3.02. The Morgan fingerprint density at radius 1 is 1.03 bits per heavy atom. The molecule has 2 aromatic rings. The molecule has 1 aliphatic carbocycles. The Balaban J connectivity index is 1.34. The van der Waals surface area contributed by atoms with Crippen molar-refractivity contribution in [3.8, 4) is 11.5 Å². The van der Waals surface area contributed by atoms with Crippen LogP contribution in [0.25, 0.3) is 0 Å². The summed E-state index contributed by atoms with van der Waals surface area (Å²) >= 11 is 0. The molecule has 5 rings (SSSR count). The molecule has 0 spiro atoms. The normalized spacial score (nSPS) is 18.5. The fourth-order valence-electron chi connectivity index (χ4n) is 5.24. The molecular weight excluding hydrogens is 392 g/mol. The molecule has 2 aromatic carbocycles. The van der Waals surface area contributed by atoms with E-state index in [1.54, 1.807) is 11.8 Å². The van der Waals surface area contributed by atoms with E-state index >= 15 is 0 Å². The quantitative estimate of drug-likeness (QED) is 0.813. The number of nitrogens with one attached hydrogen (secondary N) is 1. The first-order chi connectivity index (χ1) is 15.1. The van der Waals surface area contributed by atoms with Crippen LogP contribution in [0.3, 0.4) is 0 Å². The van der Waals surface area contributed by atoms with Gasteiger partial charge in [-0.25, -0.2) is 0 Å². The number of fused-ring (bicyclic) bond motifs is 2. The van der Waals surface area contributed by atoms with Crippen molar-refractivity contribution in [2.24, 2.45) is 0 Å². The molecule has 1 saturated carbocycles. The minimum absolute atomic E-state index is 0.0407. The van der Waals surface area contributed by atoms with E-state index in [1.807, 2.05) is 24.3 Å². The molecule has 162 valence electrons. The van der Waals surface area contributed by atoms with E-state index in [-0.39, 0.29) is 24.0 Å². The number of amides is 2. The summed E-state index contributed by atoms with van der Waals surface area (Å²) in [7, 11) is 0. The molecule has 0 saturated heterocycles.